The maximum absolute atomic E-state index is 3.50. The van der Waals surface area contributed by atoms with Gasteiger partial charge in [-0.3, -0.25) is 4.90 Å². The Hall–Kier alpha value is -0.0800. The van der Waals surface area contributed by atoms with Crippen LogP contribution in [0.2, 0.25) is 0 Å². The van der Waals surface area contributed by atoms with Crippen molar-refractivity contribution in [1.29, 1.82) is 0 Å². The molecule has 0 aromatic carbocycles. The predicted octanol–water partition coefficient (Wildman–Crippen LogP) is 0.690. The van der Waals surface area contributed by atoms with Crippen LogP contribution in [0.5, 0.6) is 0 Å². The Balaban J connectivity index is 2.09. The third kappa shape index (κ3) is 0.926. The molecule has 2 heterocycles. The van der Waals surface area contributed by atoms with Gasteiger partial charge < -0.3 is 5.32 Å². The van der Waals surface area contributed by atoms with E-state index in [4.69, 9.17) is 0 Å². The smallest absolute Gasteiger partial charge is 0.0369 e. The summed E-state index contributed by atoms with van der Waals surface area (Å²) in [7, 11) is 0. The molecule has 2 nitrogen and oxygen atoms in total. The maximum Gasteiger partial charge on any atom is 0.0369 e. The summed E-state index contributed by atoms with van der Waals surface area (Å²) >= 11 is 0. The number of nitrogens with zero attached hydrogens (tertiary/aromatic N) is 1. The Morgan fingerprint density at radius 1 is 1.36 bits per heavy atom. The van der Waals surface area contributed by atoms with Crippen LogP contribution in [0.4, 0.5) is 0 Å². The largest absolute Gasteiger partial charge is 0.314 e. The van der Waals surface area contributed by atoms with Crippen LogP contribution in [0.25, 0.3) is 0 Å². The summed E-state index contributed by atoms with van der Waals surface area (Å²) in [6.07, 6.45) is 1.40. The molecule has 11 heavy (non-hydrogen) atoms. The highest BCUT2D eigenvalue weighted by atomic mass is 15.3. The summed E-state index contributed by atoms with van der Waals surface area (Å²) in [5, 5.41) is 3.50. The van der Waals surface area contributed by atoms with Crippen LogP contribution in [-0.4, -0.2) is 36.6 Å². The first-order valence-electron chi connectivity index (χ1n) is 4.71. The quantitative estimate of drug-likeness (QED) is 0.598. The van der Waals surface area contributed by atoms with Crippen LogP contribution in [0.3, 0.4) is 0 Å². The second kappa shape index (κ2) is 2.46. The first-order valence-corrected chi connectivity index (χ1v) is 4.71. The highest BCUT2D eigenvalue weighted by Crippen LogP contribution is 2.37. The Labute approximate surface area is 69.0 Å². The number of fused-ring (bicyclic) bond motifs is 1. The van der Waals surface area contributed by atoms with Crippen LogP contribution in [0, 0.1) is 5.92 Å². The summed E-state index contributed by atoms with van der Waals surface area (Å²) < 4.78 is 0. The minimum absolute atomic E-state index is 0.540. The highest BCUT2D eigenvalue weighted by Gasteiger charge is 2.47. The molecule has 1 N–H and O–H groups in total. The van der Waals surface area contributed by atoms with Crippen molar-refractivity contribution in [3.63, 3.8) is 0 Å². The molecule has 1 unspecified atom stereocenters. The molecule has 0 saturated carbocycles. The van der Waals surface area contributed by atoms with Crippen LogP contribution < -0.4 is 5.32 Å². The van der Waals surface area contributed by atoms with Gasteiger partial charge in [0.25, 0.3) is 0 Å². The summed E-state index contributed by atoms with van der Waals surface area (Å²) in [6, 6.07) is 0. The summed E-state index contributed by atoms with van der Waals surface area (Å²) in [4.78, 5) is 2.65. The van der Waals surface area contributed by atoms with E-state index in [1.54, 1.807) is 0 Å². The topological polar surface area (TPSA) is 15.3 Å². The zero-order valence-corrected chi connectivity index (χ0v) is 7.56. The Bertz CT molecular complexity index is 156. The average Bonchev–Trinajstić information content (AvgIpc) is 1.91. The number of hydrogen-bond acceptors (Lipinski definition) is 2. The molecule has 2 fully saturated rings. The number of nitrogens with one attached hydrogen (secondary N) is 1. The fraction of sp³-hybridized carbons (Fsp3) is 1.00. The molecular formula is C9H18N2. The van der Waals surface area contributed by atoms with Gasteiger partial charge in [-0.2, -0.15) is 0 Å². The van der Waals surface area contributed by atoms with Gasteiger partial charge in [-0.1, -0.05) is 13.8 Å². The van der Waals surface area contributed by atoms with Gasteiger partial charge in [0.2, 0.25) is 0 Å². The van der Waals surface area contributed by atoms with Crippen LogP contribution in [-0.2, 0) is 0 Å². The lowest BCUT2D eigenvalue weighted by Gasteiger charge is -2.58. The lowest BCUT2D eigenvalue weighted by molar-refractivity contribution is -0.0658. The summed E-state index contributed by atoms with van der Waals surface area (Å²) in [6.45, 7) is 9.69. The molecule has 0 spiro atoms. The van der Waals surface area contributed by atoms with Crippen molar-refractivity contribution in [3.05, 3.63) is 0 Å². The fourth-order valence-electron chi connectivity index (χ4n) is 2.47. The second-order valence-electron chi connectivity index (χ2n) is 4.17. The van der Waals surface area contributed by atoms with Gasteiger partial charge in [0, 0.05) is 31.7 Å². The molecule has 0 aromatic rings. The van der Waals surface area contributed by atoms with Crippen LogP contribution >= 0.6 is 0 Å². The van der Waals surface area contributed by atoms with E-state index >= 15 is 0 Å². The van der Waals surface area contributed by atoms with E-state index in [0.717, 1.165) is 5.92 Å². The molecule has 2 rings (SSSR count). The van der Waals surface area contributed by atoms with E-state index < -0.39 is 0 Å². The zero-order chi connectivity index (χ0) is 7.90. The van der Waals surface area contributed by atoms with Gasteiger partial charge >= 0.3 is 0 Å². The molecule has 2 saturated heterocycles. The molecular weight excluding hydrogens is 136 g/mol. The van der Waals surface area contributed by atoms with Crippen molar-refractivity contribution in [1.82, 2.24) is 10.2 Å². The van der Waals surface area contributed by atoms with Gasteiger partial charge in [0.15, 0.2) is 0 Å². The predicted molar refractivity (Wildman–Crippen MR) is 46.6 cm³/mol. The monoisotopic (exact) mass is 154 g/mol. The first kappa shape index (κ1) is 7.56. The Morgan fingerprint density at radius 2 is 2.18 bits per heavy atom. The third-order valence-electron chi connectivity index (χ3n) is 3.51. The summed E-state index contributed by atoms with van der Waals surface area (Å²) in [5.41, 5.74) is 0.540. The molecule has 0 amide bonds. The van der Waals surface area contributed by atoms with Gasteiger partial charge in [0.05, 0.1) is 0 Å². The normalized spacial score (nSPS) is 38.5. The molecule has 64 valence electrons. The van der Waals surface area contributed by atoms with Gasteiger partial charge in [0.1, 0.15) is 0 Å². The Kier molecular flexibility index (Phi) is 1.69. The van der Waals surface area contributed by atoms with E-state index in [1.807, 2.05) is 0 Å². The lowest BCUT2D eigenvalue weighted by atomic mass is 9.74. The molecule has 2 heteroatoms. The van der Waals surface area contributed by atoms with Crippen molar-refractivity contribution < 1.29 is 0 Å². The van der Waals surface area contributed by atoms with Crippen LogP contribution in [0.1, 0.15) is 20.3 Å². The fourth-order valence-corrected chi connectivity index (χ4v) is 2.47. The second-order valence-corrected chi connectivity index (χ2v) is 4.17. The maximum atomic E-state index is 3.50. The molecule has 2 aliphatic heterocycles. The molecule has 1 atom stereocenters. The van der Waals surface area contributed by atoms with E-state index in [-0.39, 0.29) is 0 Å². The summed E-state index contributed by atoms with van der Waals surface area (Å²) in [5.74, 6) is 0.809. The van der Waals surface area contributed by atoms with Crippen molar-refractivity contribution >= 4 is 0 Å². The lowest BCUT2D eigenvalue weighted by Crippen LogP contribution is -2.71. The molecule has 0 aliphatic carbocycles. The number of rotatable bonds is 1. The highest BCUT2D eigenvalue weighted by molar-refractivity contribution is 5.05. The van der Waals surface area contributed by atoms with Crippen molar-refractivity contribution in [3.8, 4) is 0 Å². The number of piperazine rings is 1. The van der Waals surface area contributed by atoms with E-state index in [9.17, 15) is 0 Å². The van der Waals surface area contributed by atoms with E-state index in [2.05, 4.69) is 24.1 Å². The SMILES string of the molecule is CC(C)C12CCN1CCNC2. The minimum Gasteiger partial charge on any atom is -0.314 e. The van der Waals surface area contributed by atoms with Crippen molar-refractivity contribution in [2.45, 2.75) is 25.8 Å². The molecule has 0 aromatic heterocycles. The van der Waals surface area contributed by atoms with Crippen molar-refractivity contribution in [2.24, 2.45) is 5.92 Å². The van der Waals surface area contributed by atoms with E-state index in [0.29, 0.717) is 5.54 Å². The molecule has 0 radical (unpaired) electrons. The van der Waals surface area contributed by atoms with Crippen LogP contribution in [0.15, 0.2) is 0 Å². The van der Waals surface area contributed by atoms with Crippen molar-refractivity contribution in [2.75, 3.05) is 26.2 Å². The minimum atomic E-state index is 0.540. The Morgan fingerprint density at radius 3 is 2.55 bits per heavy atom. The molecule has 0 bridgehead atoms. The van der Waals surface area contributed by atoms with E-state index in [1.165, 1.54) is 32.6 Å². The van der Waals surface area contributed by atoms with Gasteiger partial charge in [-0.15, -0.1) is 0 Å². The average molecular weight is 154 g/mol. The number of hydrogen-bond donors (Lipinski definition) is 1. The molecule has 2 aliphatic rings. The third-order valence-corrected chi connectivity index (χ3v) is 3.51. The standard InChI is InChI=1S/C9H18N2/c1-8(2)9-3-5-11(9)6-4-10-7-9/h8,10H,3-7H2,1-2H3. The van der Waals surface area contributed by atoms with Gasteiger partial charge in [-0.25, -0.2) is 0 Å². The zero-order valence-electron chi connectivity index (χ0n) is 7.56. The van der Waals surface area contributed by atoms with Gasteiger partial charge in [-0.05, 0) is 12.3 Å². The first-order chi connectivity index (χ1) is 5.26.